The standard InChI is InChI=1S/C21H25ClN2O4/c1-13(2)9-10-28-19-16(22)11-15(12-17(19)27-3)21(26)24-18(20(23)25)14-7-5-4-6-8-14/h4-8,11-13,18H,9-10H2,1-3H3,(H2,23,25)(H,24,26)/t18-/m0/s1. The van der Waals surface area contributed by atoms with Crippen molar-refractivity contribution in [1.82, 2.24) is 5.32 Å². The number of nitrogens with two attached hydrogens (primary N) is 1. The molecule has 1 atom stereocenters. The van der Waals surface area contributed by atoms with Crippen LogP contribution >= 0.6 is 11.6 Å². The molecule has 0 saturated carbocycles. The number of hydrogen-bond acceptors (Lipinski definition) is 4. The van der Waals surface area contributed by atoms with E-state index >= 15 is 0 Å². The number of rotatable bonds is 9. The van der Waals surface area contributed by atoms with Gasteiger partial charge in [0.15, 0.2) is 11.5 Å². The van der Waals surface area contributed by atoms with Crippen molar-refractivity contribution < 1.29 is 19.1 Å². The molecule has 0 heterocycles. The molecule has 0 unspecified atom stereocenters. The van der Waals surface area contributed by atoms with Crippen LogP contribution in [0.5, 0.6) is 11.5 Å². The third-order valence-electron chi connectivity index (χ3n) is 4.13. The SMILES string of the molecule is COc1cc(C(=O)N[C@H](C(N)=O)c2ccccc2)cc(Cl)c1OCCC(C)C. The maximum absolute atomic E-state index is 12.7. The average molecular weight is 405 g/mol. The lowest BCUT2D eigenvalue weighted by atomic mass is 10.1. The highest BCUT2D eigenvalue weighted by Crippen LogP contribution is 2.36. The van der Waals surface area contributed by atoms with Crippen molar-refractivity contribution in [2.45, 2.75) is 26.3 Å². The molecule has 2 rings (SSSR count). The molecule has 0 radical (unpaired) electrons. The Labute approximate surface area is 170 Å². The Kier molecular flexibility index (Phi) is 7.70. The number of halogens is 1. The summed E-state index contributed by atoms with van der Waals surface area (Å²) < 4.78 is 11.1. The van der Waals surface area contributed by atoms with Gasteiger partial charge in [-0.15, -0.1) is 0 Å². The molecular formula is C21H25ClN2O4. The number of primary amides is 1. The second kappa shape index (κ2) is 9.99. The molecule has 7 heteroatoms. The Hall–Kier alpha value is -2.73. The molecule has 0 aliphatic heterocycles. The zero-order valence-corrected chi connectivity index (χ0v) is 17.0. The van der Waals surface area contributed by atoms with Gasteiger partial charge in [-0.3, -0.25) is 9.59 Å². The van der Waals surface area contributed by atoms with Gasteiger partial charge in [0, 0.05) is 5.56 Å². The lowest BCUT2D eigenvalue weighted by Crippen LogP contribution is -2.37. The van der Waals surface area contributed by atoms with Crippen LogP contribution in [0.1, 0.15) is 42.2 Å². The van der Waals surface area contributed by atoms with Crippen molar-refractivity contribution in [3.63, 3.8) is 0 Å². The Morgan fingerprint density at radius 1 is 1.18 bits per heavy atom. The monoisotopic (exact) mass is 404 g/mol. The minimum atomic E-state index is -0.958. The average Bonchev–Trinajstić information content (AvgIpc) is 2.66. The highest BCUT2D eigenvalue weighted by Gasteiger charge is 2.22. The summed E-state index contributed by atoms with van der Waals surface area (Å²) in [6.07, 6.45) is 0.860. The van der Waals surface area contributed by atoms with Gasteiger partial charge in [0.2, 0.25) is 5.91 Å². The molecule has 2 amide bonds. The van der Waals surface area contributed by atoms with Crippen LogP contribution in [0.25, 0.3) is 0 Å². The minimum Gasteiger partial charge on any atom is -0.493 e. The fraction of sp³-hybridized carbons (Fsp3) is 0.333. The molecule has 0 aromatic heterocycles. The van der Waals surface area contributed by atoms with Crippen LogP contribution in [0.15, 0.2) is 42.5 Å². The Morgan fingerprint density at radius 2 is 1.86 bits per heavy atom. The smallest absolute Gasteiger partial charge is 0.252 e. The van der Waals surface area contributed by atoms with Gasteiger partial charge in [-0.1, -0.05) is 55.8 Å². The predicted octanol–water partition coefficient (Wildman–Crippen LogP) is 3.73. The highest BCUT2D eigenvalue weighted by molar-refractivity contribution is 6.32. The van der Waals surface area contributed by atoms with Crippen LogP contribution in [-0.2, 0) is 4.79 Å². The number of carbonyl (C=O) groups is 2. The van der Waals surface area contributed by atoms with E-state index in [-0.39, 0.29) is 10.6 Å². The normalized spacial score (nSPS) is 11.8. The topological polar surface area (TPSA) is 90.6 Å². The third kappa shape index (κ3) is 5.63. The molecule has 0 fully saturated rings. The molecule has 2 aromatic carbocycles. The Morgan fingerprint density at radius 3 is 2.43 bits per heavy atom. The van der Waals surface area contributed by atoms with Gasteiger partial charge in [0.05, 0.1) is 18.7 Å². The number of benzene rings is 2. The van der Waals surface area contributed by atoms with Crippen LogP contribution in [0.2, 0.25) is 5.02 Å². The third-order valence-corrected chi connectivity index (χ3v) is 4.41. The first-order chi connectivity index (χ1) is 13.3. The van der Waals surface area contributed by atoms with Crippen molar-refractivity contribution in [1.29, 1.82) is 0 Å². The van der Waals surface area contributed by atoms with Gasteiger partial charge in [0.25, 0.3) is 5.91 Å². The van der Waals surface area contributed by atoms with Gasteiger partial charge in [-0.25, -0.2) is 0 Å². The molecule has 0 bridgehead atoms. The van der Waals surface area contributed by atoms with Crippen LogP contribution in [0.4, 0.5) is 0 Å². The van der Waals surface area contributed by atoms with Gasteiger partial charge < -0.3 is 20.5 Å². The minimum absolute atomic E-state index is 0.236. The Balaban J connectivity index is 2.22. The number of methoxy groups -OCH3 is 1. The number of ether oxygens (including phenoxy) is 2. The second-order valence-corrected chi connectivity index (χ2v) is 7.15. The largest absolute Gasteiger partial charge is 0.493 e. The van der Waals surface area contributed by atoms with Gasteiger partial charge >= 0.3 is 0 Å². The van der Waals surface area contributed by atoms with Crippen molar-refractivity contribution in [2.75, 3.05) is 13.7 Å². The van der Waals surface area contributed by atoms with E-state index in [4.69, 9.17) is 26.8 Å². The van der Waals surface area contributed by atoms with E-state index in [0.717, 1.165) is 6.42 Å². The zero-order chi connectivity index (χ0) is 20.7. The number of hydrogen-bond donors (Lipinski definition) is 2. The van der Waals surface area contributed by atoms with Crippen molar-refractivity contribution in [3.8, 4) is 11.5 Å². The van der Waals surface area contributed by atoms with Crippen molar-refractivity contribution >= 4 is 23.4 Å². The molecular weight excluding hydrogens is 380 g/mol. The summed E-state index contributed by atoms with van der Waals surface area (Å²) in [4.78, 5) is 24.5. The van der Waals surface area contributed by atoms with E-state index in [1.807, 2.05) is 6.07 Å². The molecule has 3 N–H and O–H groups in total. The summed E-state index contributed by atoms with van der Waals surface area (Å²) in [6.45, 7) is 4.67. The lowest BCUT2D eigenvalue weighted by molar-refractivity contribution is -0.120. The Bertz CT molecular complexity index is 825. The van der Waals surface area contributed by atoms with Gasteiger partial charge in [-0.2, -0.15) is 0 Å². The number of nitrogens with one attached hydrogen (secondary N) is 1. The molecule has 6 nitrogen and oxygen atoms in total. The summed E-state index contributed by atoms with van der Waals surface area (Å²) in [5, 5.41) is 2.89. The van der Waals surface area contributed by atoms with Crippen LogP contribution < -0.4 is 20.5 Å². The number of carbonyl (C=O) groups excluding carboxylic acids is 2. The summed E-state index contributed by atoms with van der Waals surface area (Å²) in [7, 11) is 1.47. The van der Waals surface area contributed by atoms with E-state index in [0.29, 0.717) is 29.6 Å². The van der Waals surface area contributed by atoms with Crippen molar-refractivity contribution in [3.05, 3.63) is 58.6 Å². The van der Waals surface area contributed by atoms with E-state index in [1.54, 1.807) is 24.3 Å². The van der Waals surface area contributed by atoms with E-state index in [9.17, 15) is 9.59 Å². The zero-order valence-electron chi connectivity index (χ0n) is 16.2. The first-order valence-corrected chi connectivity index (χ1v) is 9.36. The van der Waals surface area contributed by atoms with Crippen molar-refractivity contribution in [2.24, 2.45) is 11.7 Å². The summed E-state index contributed by atoms with van der Waals surface area (Å²) >= 11 is 6.31. The first-order valence-electron chi connectivity index (χ1n) is 8.99. The fourth-order valence-electron chi connectivity index (χ4n) is 2.57. The molecule has 150 valence electrons. The van der Waals surface area contributed by atoms with Gasteiger partial charge in [-0.05, 0) is 30.0 Å². The molecule has 0 saturated heterocycles. The molecule has 0 aliphatic carbocycles. The van der Waals surface area contributed by atoms with E-state index in [1.165, 1.54) is 19.2 Å². The molecule has 28 heavy (non-hydrogen) atoms. The summed E-state index contributed by atoms with van der Waals surface area (Å²) in [5.74, 6) is 0.0546. The highest BCUT2D eigenvalue weighted by atomic mass is 35.5. The van der Waals surface area contributed by atoms with E-state index < -0.39 is 17.9 Å². The molecule has 0 aliphatic rings. The maximum Gasteiger partial charge on any atom is 0.252 e. The molecule has 2 aromatic rings. The lowest BCUT2D eigenvalue weighted by Gasteiger charge is -2.18. The van der Waals surface area contributed by atoms with Crippen LogP contribution in [-0.4, -0.2) is 25.5 Å². The quantitative estimate of drug-likeness (QED) is 0.666. The predicted molar refractivity (Wildman–Crippen MR) is 109 cm³/mol. The summed E-state index contributed by atoms with van der Waals surface area (Å²) in [6, 6.07) is 10.8. The number of amides is 2. The van der Waals surface area contributed by atoms with Crippen LogP contribution in [0, 0.1) is 5.92 Å². The maximum atomic E-state index is 12.7. The summed E-state index contributed by atoms with van der Waals surface area (Å²) in [5.41, 5.74) is 6.29. The van der Waals surface area contributed by atoms with E-state index in [2.05, 4.69) is 19.2 Å². The molecule has 0 spiro atoms. The second-order valence-electron chi connectivity index (χ2n) is 6.74. The first kappa shape index (κ1) is 21.6. The van der Waals surface area contributed by atoms with Crippen LogP contribution in [0.3, 0.4) is 0 Å². The fourth-order valence-corrected chi connectivity index (χ4v) is 2.83. The van der Waals surface area contributed by atoms with Gasteiger partial charge in [0.1, 0.15) is 6.04 Å².